The van der Waals surface area contributed by atoms with Gasteiger partial charge in [-0.1, -0.05) is 13.3 Å². The minimum absolute atomic E-state index is 0.741. The zero-order valence-electron chi connectivity index (χ0n) is 7.56. The number of hydrogen-bond donors (Lipinski definition) is 2. The van der Waals surface area contributed by atoms with Gasteiger partial charge in [0.1, 0.15) is 0 Å². The van der Waals surface area contributed by atoms with Gasteiger partial charge in [-0.25, -0.2) is 0 Å². The van der Waals surface area contributed by atoms with Crippen molar-refractivity contribution in [3.63, 3.8) is 0 Å². The van der Waals surface area contributed by atoms with Gasteiger partial charge in [0.25, 0.3) is 0 Å². The maximum absolute atomic E-state index is 3.43. The summed E-state index contributed by atoms with van der Waals surface area (Å²) in [5.74, 6) is 0.741. The molecule has 0 bridgehead atoms. The molecule has 1 atom stereocenters. The van der Waals surface area contributed by atoms with Gasteiger partial charge in [0.05, 0.1) is 0 Å². The Balaban J connectivity index is 2.19. The molecule has 1 aromatic rings. The number of rotatable bonds is 2. The minimum Gasteiger partial charge on any atom is -0.364 e. The first-order chi connectivity index (χ1) is 5.92. The molecule has 0 radical (unpaired) electrons. The van der Waals surface area contributed by atoms with Gasteiger partial charge in [0.2, 0.25) is 0 Å². The van der Waals surface area contributed by atoms with Crippen molar-refractivity contribution in [2.45, 2.75) is 32.2 Å². The Labute approximate surface area is 73.4 Å². The van der Waals surface area contributed by atoms with E-state index in [1.165, 1.54) is 24.1 Å². The highest BCUT2D eigenvalue weighted by atomic mass is 14.9. The van der Waals surface area contributed by atoms with E-state index in [-0.39, 0.29) is 0 Å². The molecule has 66 valence electrons. The van der Waals surface area contributed by atoms with Crippen LogP contribution in [-0.2, 0) is 6.54 Å². The summed E-state index contributed by atoms with van der Waals surface area (Å²) in [5.41, 5.74) is 2.93. The highest BCUT2D eigenvalue weighted by Gasteiger charge is 2.19. The monoisotopic (exact) mass is 164 g/mol. The number of H-pyrrole nitrogens is 1. The van der Waals surface area contributed by atoms with E-state index in [9.17, 15) is 0 Å². The van der Waals surface area contributed by atoms with Gasteiger partial charge in [-0.15, -0.1) is 0 Å². The highest BCUT2D eigenvalue weighted by Crippen LogP contribution is 2.26. The summed E-state index contributed by atoms with van der Waals surface area (Å²) in [5, 5.41) is 3.43. The third kappa shape index (κ3) is 1.27. The number of nitrogens with one attached hydrogen (secondary N) is 2. The first-order valence-corrected chi connectivity index (χ1v) is 4.78. The van der Waals surface area contributed by atoms with E-state index in [0.29, 0.717) is 0 Å². The van der Waals surface area contributed by atoms with Crippen LogP contribution >= 0.6 is 0 Å². The van der Waals surface area contributed by atoms with Crippen LogP contribution in [0.25, 0.3) is 0 Å². The van der Waals surface area contributed by atoms with Gasteiger partial charge < -0.3 is 10.3 Å². The molecule has 0 aliphatic carbocycles. The first kappa shape index (κ1) is 7.87. The van der Waals surface area contributed by atoms with Gasteiger partial charge in [0, 0.05) is 25.0 Å². The fraction of sp³-hybridized carbons (Fsp3) is 0.600. The van der Waals surface area contributed by atoms with E-state index in [4.69, 9.17) is 0 Å². The molecule has 0 amide bonds. The van der Waals surface area contributed by atoms with Crippen LogP contribution in [0.3, 0.4) is 0 Å². The first-order valence-electron chi connectivity index (χ1n) is 4.78. The molecule has 2 N–H and O–H groups in total. The average molecular weight is 164 g/mol. The van der Waals surface area contributed by atoms with Crippen molar-refractivity contribution < 1.29 is 0 Å². The zero-order chi connectivity index (χ0) is 8.39. The normalized spacial score (nSPS) is 22.2. The van der Waals surface area contributed by atoms with Crippen molar-refractivity contribution in [3.8, 4) is 0 Å². The van der Waals surface area contributed by atoms with Gasteiger partial charge >= 0.3 is 0 Å². The molecule has 1 aliphatic heterocycles. The van der Waals surface area contributed by atoms with Crippen LogP contribution in [0.5, 0.6) is 0 Å². The van der Waals surface area contributed by atoms with Gasteiger partial charge in [-0.2, -0.15) is 0 Å². The van der Waals surface area contributed by atoms with Crippen molar-refractivity contribution in [2.75, 3.05) is 6.54 Å². The summed E-state index contributed by atoms with van der Waals surface area (Å²) in [7, 11) is 0. The smallest absolute Gasteiger partial charge is 0.0360 e. The topological polar surface area (TPSA) is 27.8 Å². The lowest BCUT2D eigenvalue weighted by Crippen LogP contribution is -2.27. The zero-order valence-corrected chi connectivity index (χ0v) is 7.56. The van der Waals surface area contributed by atoms with E-state index in [2.05, 4.69) is 29.5 Å². The summed E-state index contributed by atoms with van der Waals surface area (Å²) >= 11 is 0. The standard InChI is InChI=1S/C10H16N2/c1-2-3-8-6-11-7-10-9(8)4-5-12-10/h4-5,8,11-12H,2-3,6-7H2,1H3. The lowest BCUT2D eigenvalue weighted by molar-refractivity contribution is 0.506. The van der Waals surface area contributed by atoms with Crippen molar-refractivity contribution in [3.05, 3.63) is 23.5 Å². The van der Waals surface area contributed by atoms with E-state index < -0.39 is 0 Å². The maximum Gasteiger partial charge on any atom is 0.0360 e. The van der Waals surface area contributed by atoms with E-state index in [0.717, 1.165) is 19.0 Å². The van der Waals surface area contributed by atoms with Crippen LogP contribution in [0, 0.1) is 0 Å². The number of hydrogen-bond acceptors (Lipinski definition) is 1. The molecule has 2 rings (SSSR count). The van der Waals surface area contributed by atoms with Crippen molar-refractivity contribution in [1.29, 1.82) is 0 Å². The summed E-state index contributed by atoms with van der Waals surface area (Å²) in [6.45, 7) is 4.42. The lowest BCUT2D eigenvalue weighted by Gasteiger charge is -2.22. The third-order valence-electron chi connectivity index (χ3n) is 2.64. The SMILES string of the molecule is CCCC1CNCc2[nH]ccc21. The molecular formula is C10H16N2. The second-order valence-corrected chi connectivity index (χ2v) is 3.53. The molecule has 2 heteroatoms. The van der Waals surface area contributed by atoms with Gasteiger partial charge in [0.15, 0.2) is 0 Å². The molecule has 1 unspecified atom stereocenters. The van der Waals surface area contributed by atoms with Crippen LogP contribution in [0.1, 0.15) is 36.9 Å². The molecule has 1 aromatic heterocycles. The van der Waals surface area contributed by atoms with Crippen LogP contribution in [0.15, 0.2) is 12.3 Å². The van der Waals surface area contributed by atoms with Crippen molar-refractivity contribution in [2.24, 2.45) is 0 Å². The van der Waals surface area contributed by atoms with Crippen LogP contribution in [-0.4, -0.2) is 11.5 Å². The van der Waals surface area contributed by atoms with E-state index in [1.54, 1.807) is 0 Å². The van der Waals surface area contributed by atoms with Gasteiger partial charge in [-0.05, 0) is 24.0 Å². The van der Waals surface area contributed by atoms with Crippen LogP contribution < -0.4 is 5.32 Å². The van der Waals surface area contributed by atoms with Crippen molar-refractivity contribution >= 4 is 0 Å². The Kier molecular flexibility index (Phi) is 2.17. The molecule has 0 saturated heterocycles. The second kappa shape index (κ2) is 3.31. The number of aromatic amines is 1. The molecular weight excluding hydrogens is 148 g/mol. The molecule has 0 aromatic carbocycles. The Morgan fingerprint density at radius 1 is 1.58 bits per heavy atom. The molecule has 2 heterocycles. The molecule has 1 aliphatic rings. The number of fused-ring (bicyclic) bond motifs is 1. The molecule has 12 heavy (non-hydrogen) atoms. The second-order valence-electron chi connectivity index (χ2n) is 3.53. The van der Waals surface area contributed by atoms with E-state index in [1.807, 2.05) is 0 Å². The Hall–Kier alpha value is -0.760. The Morgan fingerprint density at radius 2 is 2.50 bits per heavy atom. The van der Waals surface area contributed by atoms with Crippen LogP contribution in [0.2, 0.25) is 0 Å². The third-order valence-corrected chi connectivity index (χ3v) is 2.64. The molecule has 0 fully saturated rings. The highest BCUT2D eigenvalue weighted by molar-refractivity contribution is 5.27. The fourth-order valence-corrected chi connectivity index (χ4v) is 2.04. The lowest BCUT2D eigenvalue weighted by atomic mass is 9.92. The predicted octanol–water partition coefficient (Wildman–Crippen LogP) is 2.00. The number of aromatic nitrogens is 1. The Bertz CT molecular complexity index is 252. The van der Waals surface area contributed by atoms with E-state index >= 15 is 0 Å². The summed E-state index contributed by atoms with van der Waals surface area (Å²) in [6.07, 6.45) is 4.63. The quantitative estimate of drug-likeness (QED) is 0.687. The fourth-order valence-electron chi connectivity index (χ4n) is 2.04. The average Bonchev–Trinajstić information content (AvgIpc) is 2.53. The van der Waals surface area contributed by atoms with Crippen LogP contribution in [0.4, 0.5) is 0 Å². The van der Waals surface area contributed by atoms with Crippen molar-refractivity contribution in [1.82, 2.24) is 10.3 Å². The predicted molar refractivity (Wildman–Crippen MR) is 50.1 cm³/mol. The molecule has 0 saturated carbocycles. The molecule has 0 spiro atoms. The summed E-state index contributed by atoms with van der Waals surface area (Å²) in [6, 6.07) is 2.23. The maximum atomic E-state index is 3.43. The summed E-state index contributed by atoms with van der Waals surface area (Å²) < 4.78 is 0. The Morgan fingerprint density at radius 3 is 3.33 bits per heavy atom. The molecule has 2 nitrogen and oxygen atoms in total. The largest absolute Gasteiger partial charge is 0.364 e. The van der Waals surface area contributed by atoms with Gasteiger partial charge in [-0.3, -0.25) is 0 Å². The minimum atomic E-state index is 0.741. The summed E-state index contributed by atoms with van der Waals surface area (Å²) in [4.78, 5) is 3.28.